The number of furan rings is 2. The maximum absolute atomic E-state index is 5.97. The highest BCUT2D eigenvalue weighted by Gasteiger charge is 2.20. The molecule has 0 radical (unpaired) electrons. The minimum Gasteiger partial charge on any atom is -0.461 e. The first kappa shape index (κ1) is 14.8. The predicted octanol–water partition coefficient (Wildman–Crippen LogP) is 4.87. The maximum Gasteiger partial charge on any atom is 0.206 e. The maximum atomic E-state index is 5.97. The van der Waals surface area contributed by atoms with Gasteiger partial charge in [0.1, 0.15) is 11.3 Å². The van der Waals surface area contributed by atoms with Crippen LogP contribution < -0.4 is 0 Å². The lowest BCUT2D eigenvalue weighted by Crippen LogP contribution is -2.21. The van der Waals surface area contributed by atoms with Crippen LogP contribution in [0.25, 0.3) is 22.5 Å². The number of hydrogen-bond donors (Lipinski definition) is 0. The average molecular weight is 322 g/mol. The van der Waals surface area contributed by atoms with E-state index < -0.39 is 0 Å². The van der Waals surface area contributed by atoms with Crippen LogP contribution in [0.15, 0.2) is 68.3 Å². The summed E-state index contributed by atoms with van der Waals surface area (Å²) in [7, 11) is 2.05. The SMILES string of the molecule is CC(c1cc2ccccc2o1)N(C)Cc1cnoc1-c1ccco1. The standard InChI is InChI=1S/C19H18N2O3/c1-13(18-10-14-6-3-4-7-16(14)23-18)21(2)12-15-11-20-24-19(15)17-8-5-9-22-17/h3-11,13H,12H2,1-2H3. The van der Waals surface area contributed by atoms with Crippen molar-refractivity contribution in [2.75, 3.05) is 7.05 Å². The summed E-state index contributed by atoms with van der Waals surface area (Å²) in [5, 5.41) is 5.03. The molecule has 0 saturated heterocycles. The van der Waals surface area contributed by atoms with Crippen LogP contribution in [0.4, 0.5) is 0 Å². The fourth-order valence-corrected chi connectivity index (χ4v) is 2.81. The number of rotatable bonds is 5. The first-order chi connectivity index (χ1) is 11.7. The van der Waals surface area contributed by atoms with Gasteiger partial charge in [-0.15, -0.1) is 0 Å². The minimum atomic E-state index is 0.122. The molecule has 24 heavy (non-hydrogen) atoms. The monoisotopic (exact) mass is 322 g/mol. The van der Waals surface area contributed by atoms with Gasteiger partial charge in [0.15, 0.2) is 5.76 Å². The van der Waals surface area contributed by atoms with Gasteiger partial charge < -0.3 is 13.4 Å². The van der Waals surface area contributed by atoms with Gasteiger partial charge >= 0.3 is 0 Å². The number of para-hydroxylation sites is 1. The van der Waals surface area contributed by atoms with E-state index in [1.165, 1.54) is 0 Å². The summed E-state index contributed by atoms with van der Waals surface area (Å²) < 4.78 is 16.7. The molecule has 0 N–H and O–H groups in total. The first-order valence-electron chi connectivity index (χ1n) is 7.88. The predicted molar refractivity (Wildman–Crippen MR) is 90.3 cm³/mol. The van der Waals surface area contributed by atoms with Crippen molar-refractivity contribution >= 4 is 11.0 Å². The van der Waals surface area contributed by atoms with Crippen molar-refractivity contribution in [3.63, 3.8) is 0 Å². The summed E-state index contributed by atoms with van der Waals surface area (Å²) in [5.41, 5.74) is 1.89. The lowest BCUT2D eigenvalue weighted by molar-refractivity contribution is 0.226. The molecule has 0 amide bonds. The van der Waals surface area contributed by atoms with Crippen LogP contribution in [0.2, 0.25) is 0 Å². The zero-order valence-electron chi connectivity index (χ0n) is 13.6. The lowest BCUT2D eigenvalue weighted by atomic mass is 10.1. The summed E-state index contributed by atoms with van der Waals surface area (Å²) >= 11 is 0. The van der Waals surface area contributed by atoms with Crippen LogP contribution in [0, 0.1) is 0 Å². The van der Waals surface area contributed by atoms with Crippen LogP contribution in [-0.2, 0) is 6.54 Å². The van der Waals surface area contributed by atoms with Crippen LogP contribution in [0.3, 0.4) is 0 Å². The second-order valence-corrected chi connectivity index (χ2v) is 5.94. The first-order valence-corrected chi connectivity index (χ1v) is 7.88. The Kier molecular flexibility index (Phi) is 3.70. The zero-order valence-corrected chi connectivity index (χ0v) is 13.6. The Morgan fingerprint density at radius 2 is 2.04 bits per heavy atom. The number of aromatic nitrogens is 1. The largest absolute Gasteiger partial charge is 0.461 e. The van der Waals surface area contributed by atoms with E-state index in [4.69, 9.17) is 13.4 Å². The molecule has 0 aliphatic heterocycles. The Morgan fingerprint density at radius 3 is 2.83 bits per heavy atom. The highest BCUT2D eigenvalue weighted by Crippen LogP contribution is 2.30. The third-order valence-electron chi connectivity index (χ3n) is 4.33. The van der Waals surface area contributed by atoms with Crippen molar-refractivity contribution in [1.29, 1.82) is 0 Å². The molecule has 1 unspecified atom stereocenters. The molecule has 4 rings (SSSR count). The molecule has 0 bridgehead atoms. The Hall–Kier alpha value is -2.79. The molecule has 5 nitrogen and oxygen atoms in total. The third kappa shape index (κ3) is 2.63. The van der Waals surface area contributed by atoms with Gasteiger partial charge in [0.05, 0.1) is 18.5 Å². The Morgan fingerprint density at radius 1 is 1.17 bits per heavy atom. The van der Waals surface area contributed by atoms with Crippen molar-refractivity contribution in [3.8, 4) is 11.5 Å². The summed E-state index contributed by atoms with van der Waals surface area (Å²) in [6, 6.07) is 14.0. The Bertz CT molecular complexity index is 904. The van der Waals surface area contributed by atoms with E-state index in [1.807, 2.05) is 30.3 Å². The number of hydrogen-bond acceptors (Lipinski definition) is 5. The van der Waals surface area contributed by atoms with Crippen LogP contribution in [-0.4, -0.2) is 17.1 Å². The summed E-state index contributed by atoms with van der Waals surface area (Å²) in [4.78, 5) is 2.19. The molecule has 3 aromatic heterocycles. The van der Waals surface area contributed by atoms with Gasteiger partial charge in [0.2, 0.25) is 5.76 Å². The molecule has 0 aliphatic rings. The van der Waals surface area contributed by atoms with Crippen molar-refractivity contribution in [3.05, 3.63) is 66.2 Å². The van der Waals surface area contributed by atoms with E-state index in [-0.39, 0.29) is 6.04 Å². The lowest BCUT2D eigenvalue weighted by Gasteiger charge is -2.22. The van der Waals surface area contributed by atoms with Crippen molar-refractivity contribution in [2.24, 2.45) is 0 Å². The van der Waals surface area contributed by atoms with E-state index >= 15 is 0 Å². The van der Waals surface area contributed by atoms with Gasteiger partial charge in [0, 0.05) is 17.5 Å². The van der Waals surface area contributed by atoms with Crippen molar-refractivity contribution < 1.29 is 13.4 Å². The minimum absolute atomic E-state index is 0.122. The molecule has 0 saturated carbocycles. The van der Waals surface area contributed by atoms with Crippen LogP contribution >= 0.6 is 0 Å². The Labute approximate surface area is 139 Å². The zero-order chi connectivity index (χ0) is 16.5. The van der Waals surface area contributed by atoms with Crippen LogP contribution in [0.5, 0.6) is 0 Å². The van der Waals surface area contributed by atoms with E-state index in [9.17, 15) is 0 Å². The summed E-state index contributed by atoms with van der Waals surface area (Å²) in [6.07, 6.45) is 3.36. The highest BCUT2D eigenvalue weighted by atomic mass is 16.5. The molecule has 0 fully saturated rings. The number of fused-ring (bicyclic) bond motifs is 1. The average Bonchev–Trinajstić information content (AvgIpc) is 3.33. The van der Waals surface area contributed by atoms with Crippen molar-refractivity contribution in [2.45, 2.75) is 19.5 Å². The molecule has 1 aromatic carbocycles. The molecule has 0 aliphatic carbocycles. The molecule has 4 aromatic rings. The van der Waals surface area contributed by atoms with Gasteiger partial charge in [-0.1, -0.05) is 23.4 Å². The van der Waals surface area contributed by atoms with Crippen molar-refractivity contribution in [1.82, 2.24) is 10.1 Å². The highest BCUT2D eigenvalue weighted by molar-refractivity contribution is 5.77. The van der Waals surface area contributed by atoms with Gasteiger partial charge in [-0.2, -0.15) is 0 Å². The molecular weight excluding hydrogens is 304 g/mol. The fourth-order valence-electron chi connectivity index (χ4n) is 2.81. The second-order valence-electron chi connectivity index (χ2n) is 5.94. The smallest absolute Gasteiger partial charge is 0.206 e. The molecule has 0 spiro atoms. The molecule has 1 atom stereocenters. The number of nitrogens with zero attached hydrogens (tertiary/aromatic N) is 2. The van der Waals surface area contributed by atoms with Gasteiger partial charge in [-0.05, 0) is 38.2 Å². The molecular formula is C19H18N2O3. The van der Waals surface area contributed by atoms with Gasteiger partial charge in [-0.25, -0.2) is 0 Å². The second kappa shape index (κ2) is 6.02. The Balaban J connectivity index is 1.56. The van der Waals surface area contributed by atoms with Gasteiger partial charge in [0.25, 0.3) is 0 Å². The molecule has 122 valence electrons. The molecule has 5 heteroatoms. The fraction of sp³-hybridized carbons (Fsp3) is 0.211. The summed E-state index contributed by atoms with van der Waals surface area (Å²) in [6.45, 7) is 2.80. The topological polar surface area (TPSA) is 55.6 Å². The van der Waals surface area contributed by atoms with E-state index in [1.54, 1.807) is 12.5 Å². The van der Waals surface area contributed by atoms with Crippen LogP contribution in [0.1, 0.15) is 24.3 Å². The molecule has 3 heterocycles. The van der Waals surface area contributed by atoms with E-state index in [0.717, 1.165) is 22.3 Å². The number of benzene rings is 1. The van der Waals surface area contributed by atoms with E-state index in [2.05, 4.69) is 36.2 Å². The quantitative estimate of drug-likeness (QED) is 0.524. The third-order valence-corrected chi connectivity index (χ3v) is 4.33. The van der Waals surface area contributed by atoms with E-state index in [0.29, 0.717) is 18.1 Å². The van der Waals surface area contributed by atoms with Gasteiger partial charge in [-0.3, -0.25) is 4.90 Å². The normalized spacial score (nSPS) is 13.0. The summed E-state index contributed by atoms with van der Waals surface area (Å²) in [5.74, 6) is 2.30.